The zero-order valence-electron chi connectivity index (χ0n) is 13.2. The van der Waals surface area contributed by atoms with E-state index in [1.54, 1.807) is 14.2 Å². The van der Waals surface area contributed by atoms with Gasteiger partial charge in [0.2, 0.25) is 0 Å². The monoisotopic (exact) mass is 407 g/mol. The van der Waals surface area contributed by atoms with Crippen LogP contribution in [-0.2, 0) is 0 Å². The second-order valence-electron chi connectivity index (χ2n) is 4.68. The van der Waals surface area contributed by atoms with Crippen molar-refractivity contribution >= 4 is 29.9 Å². The Balaban J connectivity index is 0.00000400. The van der Waals surface area contributed by atoms with E-state index in [0.717, 1.165) is 30.4 Å². The molecule has 0 amide bonds. The minimum Gasteiger partial charge on any atom is -0.497 e. The molecule has 1 aromatic rings. The SMILES string of the molecule is CN=C(NCCCOc1cccc(OC)c1)NC(C)C.I. The summed E-state index contributed by atoms with van der Waals surface area (Å²) in [5.74, 6) is 2.46. The molecule has 21 heavy (non-hydrogen) atoms. The van der Waals surface area contributed by atoms with Gasteiger partial charge in [-0.25, -0.2) is 0 Å². The van der Waals surface area contributed by atoms with Crippen molar-refractivity contribution in [1.82, 2.24) is 10.6 Å². The molecule has 0 atom stereocenters. The highest BCUT2D eigenvalue weighted by Crippen LogP contribution is 2.18. The highest BCUT2D eigenvalue weighted by atomic mass is 127. The normalized spacial score (nSPS) is 10.8. The van der Waals surface area contributed by atoms with Crippen molar-refractivity contribution in [2.75, 3.05) is 27.3 Å². The Morgan fingerprint density at radius 1 is 1.29 bits per heavy atom. The molecule has 0 aromatic heterocycles. The molecule has 6 heteroatoms. The predicted octanol–water partition coefficient (Wildman–Crippen LogP) is 2.66. The van der Waals surface area contributed by atoms with Crippen molar-refractivity contribution in [2.45, 2.75) is 26.3 Å². The third kappa shape index (κ3) is 8.64. The Morgan fingerprint density at radius 2 is 2.00 bits per heavy atom. The molecular formula is C15H26IN3O2. The first-order chi connectivity index (χ1) is 9.65. The van der Waals surface area contributed by atoms with Gasteiger partial charge in [-0.2, -0.15) is 0 Å². The van der Waals surface area contributed by atoms with Crippen LogP contribution in [0.4, 0.5) is 0 Å². The van der Waals surface area contributed by atoms with Crippen LogP contribution in [0.2, 0.25) is 0 Å². The Labute approximate surface area is 144 Å². The number of halogens is 1. The van der Waals surface area contributed by atoms with E-state index in [1.807, 2.05) is 24.3 Å². The van der Waals surface area contributed by atoms with Gasteiger partial charge in [0.1, 0.15) is 11.5 Å². The molecular weight excluding hydrogens is 381 g/mol. The number of ether oxygens (including phenoxy) is 2. The number of rotatable bonds is 7. The van der Waals surface area contributed by atoms with E-state index in [2.05, 4.69) is 29.5 Å². The maximum Gasteiger partial charge on any atom is 0.191 e. The average molecular weight is 407 g/mol. The molecule has 0 heterocycles. The number of methoxy groups -OCH3 is 1. The lowest BCUT2D eigenvalue weighted by molar-refractivity contribution is 0.308. The van der Waals surface area contributed by atoms with Crippen LogP contribution in [0.15, 0.2) is 29.3 Å². The maximum absolute atomic E-state index is 5.66. The van der Waals surface area contributed by atoms with E-state index in [-0.39, 0.29) is 24.0 Å². The Morgan fingerprint density at radius 3 is 2.62 bits per heavy atom. The van der Waals surface area contributed by atoms with Crippen LogP contribution in [0.1, 0.15) is 20.3 Å². The van der Waals surface area contributed by atoms with Crippen molar-refractivity contribution in [1.29, 1.82) is 0 Å². The third-order valence-electron chi connectivity index (χ3n) is 2.57. The minimum atomic E-state index is 0. The van der Waals surface area contributed by atoms with Gasteiger partial charge < -0.3 is 20.1 Å². The van der Waals surface area contributed by atoms with E-state index in [4.69, 9.17) is 9.47 Å². The summed E-state index contributed by atoms with van der Waals surface area (Å²) in [6.45, 7) is 5.63. The van der Waals surface area contributed by atoms with Crippen molar-refractivity contribution in [3.8, 4) is 11.5 Å². The summed E-state index contributed by atoms with van der Waals surface area (Å²) in [6, 6.07) is 7.99. The van der Waals surface area contributed by atoms with Crippen LogP contribution in [-0.4, -0.2) is 39.3 Å². The van der Waals surface area contributed by atoms with Gasteiger partial charge in [-0.15, -0.1) is 24.0 Å². The van der Waals surface area contributed by atoms with Gasteiger partial charge in [-0.05, 0) is 32.4 Å². The van der Waals surface area contributed by atoms with Gasteiger partial charge in [0.15, 0.2) is 5.96 Å². The zero-order valence-corrected chi connectivity index (χ0v) is 15.5. The Bertz CT molecular complexity index is 425. The van der Waals surface area contributed by atoms with Crippen LogP contribution in [0, 0.1) is 0 Å². The molecule has 0 aliphatic heterocycles. The zero-order chi connectivity index (χ0) is 14.8. The lowest BCUT2D eigenvalue weighted by Crippen LogP contribution is -2.41. The quantitative estimate of drug-likeness (QED) is 0.316. The molecule has 0 unspecified atom stereocenters. The minimum absolute atomic E-state index is 0. The number of nitrogens with zero attached hydrogens (tertiary/aromatic N) is 1. The molecule has 0 aliphatic carbocycles. The average Bonchev–Trinajstić information content (AvgIpc) is 2.45. The summed E-state index contributed by atoms with van der Waals surface area (Å²) in [7, 11) is 3.42. The highest BCUT2D eigenvalue weighted by Gasteiger charge is 2.00. The van der Waals surface area contributed by atoms with Crippen molar-refractivity contribution in [3.05, 3.63) is 24.3 Å². The van der Waals surface area contributed by atoms with Gasteiger partial charge >= 0.3 is 0 Å². The van der Waals surface area contributed by atoms with E-state index in [9.17, 15) is 0 Å². The standard InChI is InChI=1S/C15H25N3O2.HI/c1-12(2)18-15(16-3)17-9-6-10-20-14-8-5-7-13(11-14)19-4;/h5,7-8,11-12H,6,9-10H2,1-4H3,(H2,16,17,18);1H. The largest absolute Gasteiger partial charge is 0.497 e. The third-order valence-corrected chi connectivity index (χ3v) is 2.57. The Hall–Kier alpha value is -1.18. The first kappa shape index (κ1) is 19.8. The fraction of sp³-hybridized carbons (Fsp3) is 0.533. The summed E-state index contributed by atoms with van der Waals surface area (Å²) >= 11 is 0. The smallest absolute Gasteiger partial charge is 0.191 e. The van der Waals surface area contributed by atoms with Gasteiger partial charge in [0.05, 0.1) is 13.7 Å². The lowest BCUT2D eigenvalue weighted by Gasteiger charge is -2.14. The molecule has 0 aliphatic rings. The van der Waals surface area contributed by atoms with Gasteiger partial charge in [-0.1, -0.05) is 6.07 Å². The van der Waals surface area contributed by atoms with Gasteiger partial charge in [0.25, 0.3) is 0 Å². The van der Waals surface area contributed by atoms with Gasteiger partial charge in [0, 0.05) is 25.7 Å². The molecule has 0 fully saturated rings. The number of benzene rings is 1. The van der Waals surface area contributed by atoms with Crippen LogP contribution in [0.3, 0.4) is 0 Å². The van der Waals surface area contributed by atoms with Crippen LogP contribution in [0.5, 0.6) is 11.5 Å². The van der Waals surface area contributed by atoms with Crippen molar-refractivity contribution < 1.29 is 9.47 Å². The number of guanidine groups is 1. The van der Waals surface area contributed by atoms with E-state index < -0.39 is 0 Å². The fourth-order valence-corrected chi connectivity index (χ4v) is 1.63. The summed E-state index contributed by atoms with van der Waals surface area (Å²) in [5.41, 5.74) is 0. The van der Waals surface area contributed by atoms with E-state index >= 15 is 0 Å². The summed E-state index contributed by atoms with van der Waals surface area (Å²) < 4.78 is 10.8. The molecule has 120 valence electrons. The second-order valence-corrected chi connectivity index (χ2v) is 4.68. The van der Waals surface area contributed by atoms with Crippen LogP contribution >= 0.6 is 24.0 Å². The molecule has 1 rings (SSSR count). The van der Waals surface area contributed by atoms with Crippen LogP contribution < -0.4 is 20.1 Å². The highest BCUT2D eigenvalue weighted by molar-refractivity contribution is 14.0. The maximum atomic E-state index is 5.66. The summed E-state index contributed by atoms with van der Waals surface area (Å²) in [4.78, 5) is 4.14. The molecule has 5 nitrogen and oxygen atoms in total. The predicted molar refractivity (Wildman–Crippen MR) is 98.2 cm³/mol. The summed E-state index contributed by atoms with van der Waals surface area (Å²) in [6.07, 6.45) is 0.899. The number of hydrogen-bond acceptors (Lipinski definition) is 3. The number of nitrogens with one attached hydrogen (secondary N) is 2. The van der Waals surface area contributed by atoms with Crippen molar-refractivity contribution in [2.24, 2.45) is 4.99 Å². The Kier molecular flexibility index (Phi) is 10.8. The first-order valence-electron chi connectivity index (χ1n) is 6.89. The van der Waals surface area contributed by atoms with E-state index in [1.165, 1.54) is 0 Å². The molecule has 1 aromatic carbocycles. The molecule has 0 saturated carbocycles. The molecule has 0 bridgehead atoms. The number of hydrogen-bond donors (Lipinski definition) is 2. The fourth-order valence-electron chi connectivity index (χ4n) is 1.63. The summed E-state index contributed by atoms with van der Waals surface area (Å²) in [5, 5.41) is 6.48. The second kappa shape index (κ2) is 11.5. The molecule has 2 N–H and O–H groups in total. The first-order valence-corrected chi connectivity index (χ1v) is 6.89. The van der Waals surface area contributed by atoms with Crippen molar-refractivity contribution in [3.63, 3.8) is 0 Å². The lowest BCUT2D eigenvalue weighted by atomic mass is 10.3. The van der Waals surface area contributed by atoms with E-state index in [0.29, 0.717) is 12.6 Å². The van der Waals surface area contributed by atoms with Crippen LogP contribution in [0.25, 0.3) is 0 Å². The van der Waals surface area contributed by atoms with Gasteiger partial charge in [-0.3, -0.25) is 4.99 Å². The molecule has 0 radical (unpaired) electrons. The topological polar surface area (TPSA) is 54.9 Å². The number of aliphatic imine (C=N–C) groups is 1. The molecule has 0 saturated heterocycles. The molecule has 0 spiro atoms.